The first-order valence-corrected chi connectivity index (χ1v) is 9.88. The van der Waals surface area contributed by atoms with Crippen LogP contribution in [0.3, 0.4) is 0 Å². The molecule has 2 heterocycles. The van der Waals surface area contributed by atoms with Crippen molar-refractivity contribution in [3.8, 4) is 22.6 Å². The van der Waals surface area contributed by atoms with Crippen molar-refractivity contribution in [2.24, 2.45) is 0 Å². The standard InChI is InChI=1S/C22H16BrClN4/c23-18-10-17(13-25-14-18)20-11-21(26-12-15-6-8-19(24)9-7-15)28-22(27-20)16-4-2-1-3-5-16/h1-11,13-14H,12H2,(H,26,27,28). The summed E-state index contributed by atoms with van der Waals surface area (Å²) in [5.74, 6) is 1.41. The third-order valence-electron chi connectivity index (χ3n) is 4.15. The van der Waals surface area contributed by atoms with Gasteiger partial charge in [-0.15, -0.1) is 0 Å². The molecule has 0 radical (unpaired) electrons. The Morgan fingerprint density at radius 2 is 1.64 bits per heavy atom. The van der Waals surface area contributed by atoms with E-state index in [1.807, 2.05) is 66.7 Å². The first kappa shape index (κ1) is 18.6. The SMILES string of the molecule is Clc1ccc(CNc2cc(-c3cncc(Br)c3)nc(-c3ccccc3)n2)cc1. The summed E-state index contributed by atoms with van der Waals surface area (Å²) in [5.41, 5.74) is 3.81. The Balaban J connectivity index is 1.70. The van der Waals surface area contributed by atoms with E-state index >= 15 is 0 Å². The van der Waals surface area contributed by atoms with Gasteiger partial charge in [0.2, 0.25) is 0 Å². The Kier molecular flexibility index (Phi) is 5.65. The number of halogens is 2. The Bertz CT molecular complexity index is 1090. The fourth-order valence-electron chi connectivity index (χ4n) is 2.75. The number of aromatic nitrogens is 3. The number of nitrogens with zero attached hydrogens (tertiary/aromatic N) is 3. The van der Waals surface area contributed by atoms with Gasteiger partial charge >= 0.3 is 0 Å². The molecule has 6 heteroatoms. The molecule has 0 aliphatic heterocycles. The summed E-state index contributed by atoms with van der Waals surface area (Å²) in [6.07, 6.45) is 3.55. The molecule has 28 heavy (non-hydrogen) atoms. The van der Waals surface area contributed by atoms with E-state index in [-0.39, 0.29) is 0 Å². The number of rotatable bonds is 5. The molecule has 4 rings (SSSR count). The third kappa shape index (κ3) is 4.55. The second-order valence-corrected chi connectivity index (χ2v) is 7.55. The molecule has 0 unspecified atom stereocenters. The van der Waals surface area contributed by atoms with E-state index in [4.69, 9.17) is 21.6 Å². The molecule has 0 spiro atoms. The van der Waals surface area contributed by atoms with Gasteiger partial charge in [-0.25, -0.2) is 9.97 Å². The summed E-state index contributed by atoms with van der Waals surface area (Å²) in [5, 5.41) is 4.11. The molecule has 0 saturated carbocycles. The molecule has 2 aromatic heterocycles. The molecular formula is C22H16BrClN4. The van der Waals surface area contributed by atoms with Gasteiger partial charge in [0.25, 0.3) is 0 Å². The fraction of sp³-hybridized carbons (Fsp3) is 0.0455. The number of hydrogen-bond acceptors (Lipinski definition) is 4. The minimum absolute atomic E-state index is 0.637. The molecule has 0 aliphatic carbocycles. The maximum atomic E-state index is 5.97. The fourth-order valence-corrected chi connectivity index (χ4v) is 3.24. The summed E-state index contributed by atoms with van der Waals surface area (Å²) in [6.45, 7) is 0.637. The molecular weight excluding hydrogens is 436 g/mol. The summed E-state index contributed by atoms with van der Waals surface area (Å²) >= 11 is 9.44. The zero-order chi connectivity index (χ0) is 19.3. The van der Waals surface area contributed by atoms with E-state index in [0.717, 1.165) is 37.7 Å². The van der Waals surface area contributed by atoms with Crippen LogP contribution in [0.5, 0.6) is 0 Å². The number of benzene rings is 2. The van der Waals surface area contributed by atoms with Crippen LogP contribution < -0.4 is 5.32 Å². The highest BCUT2D eigenvalue weighted by atomic mass is 79.9. The Hall–Kier alpha value is -2.76. The average molecular weight is 452 g/mol. The van der Waals surface area contributed by atoms with Gasteiger partial charge in [-0.05, 0) is 39.7 Å². The quantitative estimate of drug-likeness (QED) is 0.390. The number of nitrogens with one attached hydrogen (secondary N) is 1. The van der Waals surface area contributed by atoms with Crippen molar-refractivity contribution in [1.29, 1.82) is 0 Å². The van der Waals surface area contributed by atoms with Gasteiger partial charge in [-0.3, -0.25) is 4.98 Å². The van der Waals surface area contributed by atoms with Crippen molar-refractivity contribution >= 4 is 33.3 Å². The summed E-state index contributed by atoms with van der Waals surface area (Å²) in [4.78, 5) is 13.7. The molecule has 4 aromatic rings. The smallest absolute Gasteiger partial charge is 0.162 e. The van der Waals surface area contributed by atoms with Crippen LogP contribution in [0, 0.1) is 0 Å². The van der Waals surface area contributed by atoms with Crippen molar-refractivity contribution in [1.82, 2.24) is 15.0 Å². The summed E-state index contributed by atoms with van der Waals surface area (Å²) in [7, 11) is 0. The highest BCUT2D eigenvalue weighted by molar-refractivity contribution is 9.10. The molecule has 0 saturated heterocycles. The highest BCUT2D eigenvalue weighted by Crippen LogP contribution is 2.26. The molecule has 138 valence electrons. The van der Waals surface area contributed by atoms with Gasteiger partial charge < -0.3 is 5.32 Å². The molecule has 2 aromatic carbocycles. The lowest BCUT2D eigenvalue weighted by molar-refractivity contribution is 1.09. The Morgan fingerprint density at radius 1 is 0.857 bits per heavy atom. The number of anilines is 1. The lowest BCUT2D eigenvalue weighted by Gasteiger charge is -2.11. The lowest BCUT2D eigenvalue weighted by Crippen LogP contribution is -2.04. The second kappa shape index (κ2) is 8.50. The van der Waals surface area contributed by atoms with Gasteiger partial charge in [-0.2, -0.15) is 0 Å². The second-order valence-electron chi connectivity index (χ2n) is 6.20. The minimum Gasteiger partial charge on any atom is -0.366 e. The predicted octanol–water partition coefficient (Wildman–Crippen LogP) is 6.23. The predicted molar refractivity (Wildman–Crippen MR) is 117 cm³/mol. The van der Waals surface area contributed by atoms with Crippen LogP contribution in [-0.4, -0.2) is 15.0 Å². The topological polar surface area (TPSA) is 50.7 Å². The van der Waals surface area contributed by atoms with E-state index in [9.17, 15) is 0 Å². The van der Waals surface area contributed by atoms with Crippen LogP contribution in [0.2, 0.25) is 5.02 Å². The molecule has 0 atom stereocenters. The van der Waals surface area contributed by atoms with Gasteiger partial charge in [-0.1, -0.05) is 54.1 Å². The maximum Gasteiger partial charge on any atom is 0.162 e. The Labute approximate surface area is 176 Å². The van der Waals surface area contributed by atoms with Gasteiger partial charge in [0.15, 0.2) is 5.82 Å². The van der Waals surface area contributed by atoms with Crippen LogP contribution in [0.1, 0.15) is 5.56 Å². The van der Waals surface area contributed by atoms with Gasteiger partial charge in [0.05, 0.1) is 5.69 Å². The molecule has 0 amide bonds. The third-order valence-corrected chi connectivity index (χ3v) is 4.83. The van der Waals surface area contributed by atoms with E-state index in [0.29, 0.717) is 12.4 Å². The maximum absolute atomic E-state index is 5.97. The molecule has 0 aliphatic rings. The van der Waals surface area contributed by atoms with E-state index in [2.05, 4.69) is 26.2 Å². The highest BCUT2D eigenvalue weighted by Gasteiger charge is 2.09. The largest absolute Gasteiger partial charge is 0.366 e. The zero-order valence-electron chi connectivity index (χ0n) is 14.8. The minimum atomic E-state index is 0.637. The number of hydrogen-bond donors (Lipinski definition) is 1. The molecule has 1 N–H and O–H groups in total. The van der Waals surface area contributed by atoms with E-state index in [1.165, 1.54) is 0 Å². The normalized spacial score (nSPS) is 10.6. The van der Waals surface area contributed by atoms with Crippen LogP contribution in [-0.2, 0) is 6.54 Å². The average Bonchev–Trinajstić information content (AvgIpc) is 2.74. The summed E-state index contributed by atoms with van der Waals surface area (Å²) in [6, 6.07) is 21.6. The van der Waals surface area contributed by atoms with Crippen LogP contribution in [0.25, 0.3) is 22.6 Å². The zero-order valence-corrected chi connectivity index (χ0v) is 17.2. The van der Waals surface area contributed by atoms with Gasteiger partial charge in [0.1, 0.15) is 5.82 Å². The van der Waals surface area contributed by atoms with E-state index < -0.39 is 0 Å². The first-order chi connectivity index (χ1) is 13.7. The van der Waals surface area contributed by atoms with Crippen LogP contribution >= 0.6 is 27.5 Å². The Morgan fingerprint density at radius 3 is 2.39 bits per heavy atom. The summed E-state index contributed by atoms with van der Waals surface area (Å²) < 4.78 is 0.903. The van der Waals surface area contributed by atoms with Crippen molar-refractivity contribution in [3.05, 3.63) is 94.2 Å². The van der Waals surface area contributed by atoms with Crippen molar-refractivity contribution in [2.45, 2.75) is 6.54 Å². The van der Waals surface area contributed by atoms with Crippen molar-refractivity contribution < 1.29 is 0 Å². The van der Waals surface area contributed by atoms with Crippen molar-refractivity contribution in [3.63, 3.8) is 0 Å². The monoisotopic (exact) mass is 450 g/mol. The van der Waals surface area contributed by atoms with Crippen LogP contribution in [0.15, 0.2) is 83.6 Å². The lowest BCUT2D eigenvalue weighted by atomic mass is 10.1. The van der Waals surface area contributed by atoms with Gasteiger partial charge in [0, 0.05) is 45.6 Å². The van der Waals surface area contributed by atoms with E-state index in [1.54, 1.807) is 12.4 Å². The van der Waals surface area contributed by atoms with Crippen molar-refractivity contribution in [2.75, 3.05) is 5.32 Å². The first-order valence-electron chi connectivity index (χ1n) is 8.71. The molecule has 0 bridgehead atoms. The van der Waals surface area contributed by atoms with Crippen LogP contribution in [0.4, 0.5) is 5.82 Å². The molecule has 4 nitrogen and oxygen atoms in total. The molecule has 0 fully saturated rings. The number of pyridine rings is 1.